The number of azide groups is 1. The molecule has 1 aromatic heterocycles. The molecule has 17 heavy (non-hydrogen) atoms. The maximum atomic E-state index is 11.4. The van der Waals surface area contributed by atoms with Gasteiger partial charge in [-0.15, -0.1) is 0 Å². The first-order valence-electron chi connectivity index (χ1n) is 4.68. The third kappa shape index (κ3) is 3.44. The Kier molecular flexibility index (Phi) is 4.93. The first-order valence-corrected chi connectivity index (χ1v) is 5.62. The lowest BCUT2D eigenvalue weighted by molar-refractivity contribution is -0.138. The molecule has 0 saturated carbocycles. The molecule has 0 aromatic carbocycles. The predicted molar refractivity (Wildman–Crippen MR) is 63.5 cm³/mol. The lowest BCUT2D eigenvalue weighted by atomic mass is 10.2. The SMILES string of the molecule is CCOC(=O)/C(=C/c1cscc1C=O)N=[N+]=[N-]. The van der Waals surface area contributed by atoms with Gasteiger partial charge in [0, 0.05) is 15.9 Å². The molecular formula is C10H9N3O3S. The van der Waals surface area contributed by atoms with Crippen LogP contribution < -0.4 is 0 Å². The van der Waals surface area contributed by atoms with Crippen LogP contribution in [0.2, 0.25) is 0 Å². The Morgan fingerprint density at radius 1 is 1.59 bits per heavy atom. The fraction of sp³-hybridized carbons (Fsp3) is 0.200. The number of carbonyl (C=O) groups excluding carboxylic acids is 2. The monoisotopic (exact) mass is 251 g/mol. The Morgan fingerprint density at radius 3 is 2.88 bits per heavy atom. The highest BCUT2D eigenvalue weighted by molar-refractivity contribution is 7.08. The third-order valence-electron chi connectivity index (χ3n) is 1.78. The zero-order chi connectivity index (χ0) is 12.7. The van der Waals surface area contributed by atoms with Crippen LogP contribution in [0.25, 0.3) is 16.5 Å². The minimum Gasteiger partial charge on any atom is -0.462 e. The molecule has 0 fully saturated rings. The molecule has 6 nitrogen and oxygen atoms in total. The molecule has 0 unspecified atom stereocenters. The number of aldehydes is 1. The van der Waals surface area contributed by atoms with Gasteiger partial charge in [0.15, 0.2) is 6.29 Å². The summed E-state index contributed by atoms with van der Waals surface area (Å²) in [6.45, 7) is 1.83. The first-order chi connectivity index (χ1) is 8.22. The summed E-state index contributed by atoms with van der Waals surface area (Å²) in [6.07, 6.45) is 2.00. The molecule has 1 aromatic rings. The summed E-state index contributed by atoms with van der Waals surface area (Å²) in [5.41, 5.74) is 9.14. The number of esters is 1. The molecule has 0 atom stereocenters. The molecule has 0 saturated heterocycles. The number of nitrogens with zero attached hydrogens (tertiary/aromatic N) is 3. The van der Waals surface area contributed by atoms with E-state index in [2.05, 4.69) is 10.0 Å². The number of rotatable bonds is 5. The van der Waals surface area contributed by atoms with Crippen LogP contribution >= 0.6 is 11.3 Å². The standard InChI is InChI=1S/C10H9N3O3S/c1-2-16-10(15)9(12-13-11)3-7-5-17-6-8(7)4-14/h3-6H,2H2,1H3/b9-3-. The zero-order valence-electron chi connectivity index (χ0n) is 8.99. The van der Waals surface area contributed by atoms with Crippen molar-refractivity contribution in [3.05, 3.63) is 38.0 Å². The molecule has 1 heterocycles. The van der Waals surface area contributed by atoms with E-state index in [0.717, 1.165) is 0 Å². The van der Waals surface area contributed by atoms with E-state index in [0.29, 0.717) is 17.4 Å². The average molecular weight is 251 g/mol. The van der Waals surface area contributed by atoms with Crippen molar-refractivity contribution >= 4 is 29.7 Å². The second-order valence-corrected chi connectivity index (χ2v) is 3.58. The van der Waals surface area contributed by atoms with Gasteiger partial charge in [-0.05, 0) is 29.5 Å². The summed E-state index contributed by atoms with van der Waals surface area (Å²) in [6, 6.07) is 0. The fourth-order valence-corrected chi connectivity index (χ4v) is 1.82. The second-order valence-electron chi connectivity index (χ2n) is 2.84. The normalized spacial score (nSPS) is 10.5. The van der Waals surface area contributed by atoms with Crippen molar-refractivity contribution in [1.82, 2.24) is 0 Å². The first kappa shape index (κ1) is 13.0. The van der Waals surface area contributed by atoms with Crippen molar-refractivity contribution in [1.29, 1.82) is 0 Å². The van der Waals surface area contributed by atoms with Gasteiger partial charge in [-0.2, -0.15) is 11.3 Å². The van der Waals surface area contributed by atoms with E-state index in [1.807, 2.05) is 0 Å². The average Bonchev–Trinajstić information content (AvgIpc) is 2.76. The Balaban J connectivity index is 3.10. The highest BCUT2D eigenvalue weighted by atomic mass is 32.1. The molecule has 0 aliphatic heterocycles. The molecule has 0 bridgehead atoms. The van der Waals surface area contributed by atoms with Crippen molar-refractivity contribution in [2.24, 2.45) is 5.11 Å². The molecule has 0 amide bonds. The fourth-order valence-electron chi connectivity index (χ4n) is 1.06. The lowest BCUT2D eigenvalue weighted by Gasteiger charge is -2.00. The van der Waals surface area contributed by atoms with E-state index in [1.165, 1.54) is 17.4 Å². The van der Waals surface area contributed by atoms with Gasteiger partial charge < -0.3 is 4.74 Å². The number of ether oxygens (including phenoxy) is 1. The predicted octanol–water partition coefficient (Wildman–Crippen LogP) is 2.77. The molecular weight excluding hydrogens is 242 g/mol. The summed E-state index contributed by atoms with van der Waals surface area (Å²) in [4.78, 5) is 24.6. The number of thiophene rings is 1. The van der Waals surface area contributed by atoms with E-state index in [4.69, 9.17) is 10.3 Å². The highest BCUT2D eigenvalue weighted by Gasteiger charge is 2.10. The Bertz CT molecular complexity index is 501. The van der Waals surface area contributed by atoms with Crippen LogP contribution in [0.5, 0.6) is 0 Å². The number of carbonyl (C=O) groups is 2. The lowest BCUT2D eigenvalue weighted by Crippen LogP contribution is -2.05. The highest BCUT2D eigenvalue weighted by Crippen LogP contribution is 2.18. The Labute approximate surface area is 101 Å². The quantitative estimate of drug-likeness (QED) is 0.201. The summed E-state index contributed by atoms with van der Waals surface area (Å²) in [7, 11) is 0. The van der Waals surface area contributed by atoms with Crippen LogP contribution in [0, 0.1) is 0 Å². The topological polar surface area (TPSA) is 92.1 Å². The van der Waals surface area contributed by atoms with E-state index < -0.39 is 5.97 Å². The van der Waals surface area contributed by atoms with Crippen LogP contribution in [0.3, 0.4) is 0 Å². The number of hydrogen-bond acceptors (Lipinski definition) is 5. The van der Waals surface area contributed by atoms with Gasteiger partial charge in [-0.1, -0.05) is 5.11 Å². The molecule has 7 heteroatoms. The van der Waals surface area contributed by atoms with Crippen LogP contribution in [-0.2, 0) is 9.53 Å². The minimum atomic E-state index is -0.714. The van der Waals surface area contributed by atoms with Gasteiger partial charge in [-0.3, -0.25) is 4.79 Å². The molecule has 0 N–H and O–H groups in total. The van der Waals surface area contributed by atoms with Crippen LogP contribution in [-0.4, -0.2) is 18.9 Å². The van der Waals surface area contributed by atoms with E-state index in [9.17, 15) is 9.59 Å². The third-order valence-corrected chi connectivity index (χ3v) is 2.56. The van der Waals surface area contributed by atoms with Crippen molar-refractivity contribution in [2.75, 3.05) is 6.61 Å². The minimum absolute atomic E-state index is 0.171. The summed E-state index contributed by atoms with van der Waals surface area (Å²) in [5.74, 6) is -0.714. The summed E-state index contributed by atoms with van der Waals surface area (Å²) >= 11 is 1.31. The van der Waals surface area contributed by atoms with Gasteiger partial charge in [0.1, 0.15) is 5.70 Å². The van der Waals surface area contributed by atoms with Crippen molar-refractivity contribution in [2.45, 2.75) is 6.92 Å². The summed E-state index contributed by atoms with van der Waals surface area (Å²) in [5, 5.41) is 6.56. The molecule has 88 valence electrons. The molecule has 0 radical (unpaired) electrons. The van der Waals surface area contributed by atoms with E-state index >= 15 is 0 Å². The Hall–Kier alpha value is -2.11. The van der Waals surface area contributed by atoms with Crippen molar-refractivity contribution < 1.29 is 14.3 Å². The second kappa shape index (κ2) is 6.47. The maximum Gasteiger partial charge on any atom is 0.340 e. The molecule has 1 rings (SSSR count). The van der Waals surface area contributed by atoms with Crippen LogP contribution in [0.15, 0.2) is 21.6 Å². The van der Waals surface area contributed by atoms with Gasteiger partial charge in [0.2, 0.25) is 0 Å². The van der Waals surface area contributed by atoms with E-state index in [-0.39, 0.29) is 12.3 Å². The summed E-state index contributed by atoms with van der Waals surface area (Å²) < 4.78 is 4.72. The van der Waals surface area contributed by atoms with E-state index in [1.54, 1.807) is 17.7 Å². The largest absolute Gasteiger partial charge is 0.462 e. The van der Waals surface area contributed by atoms with Gasteiger partial charge in [0.05, 0.1) is 6.61 Å². The van der Waals surface area contributed by atoms with Gasteiger partial charge >= 0.3 is 5.97 Å². The maximum absolute atomic E-state index is 11.4. The smallest absolute Gasteiger partial charge is 0.340 e. The van der Waals surface area contributed by atoms with Crippen molar-refractivity contribution in [3.8, 4) is 0 Å². The number of hydrogen-bond donors (Lipinski definition) is 0. The Morgan fingerprint density at radius 2 is 2.29 bits per heavy atom. The van der Waals surface area contributed by atoms with Crippen LogP contribution in [0.1, 0.15) is 22.8 Å². The van der Waals surface area contributed by atoms with Gasteiger partial charge in [0.25, 0.3) is 0 Å². The molecule has 0 spiro atoms. The zero-order valence-corrected chi connectivity index (χ0v) is 9.81. The van der Waals surface area contributed by atoms with Crippen molar-refractivity contribution in [3.63, 3.8) is 0 Å². The molecule has 0 aliphatic carbocycles. The molecule has 0 aliphatic rings. The van der Waals surface area contributed by atoms with Gasteiger partial charge in [-0.25, -0.2) is 4.79 Å². The van der Waals surface area contributed by atoms with Crippen LogP contribution in [0.4, 0.5) is 0 Å².